The number of carbonyl (C=O) groups excluding carboxylic acids is 1. The predicted octanol–water partition coefficient (Wildman–Crippen LogP) is 1.93. The molecule has 1 unspecified atom stereocenters. The average molecular weight is 250 g/mol. The van der Waals surface area contributed by atoms with E-state index >= 15 is 0 Å². The van der Waals surface area contributed by atoms with Crippen LogP contribution in [0.5, 0.6) is 5.75 Å². The minimum atomic E-state index is -0.527. The van der Waals surface area contributed by atoms with E-state index in [4.69, 9.17) is 10.5 Å². The van der Waals surface area contributed by atoms with Crippen LogP contribution >= 0.6 is 0 Å². The van der Waals surface area contributed by atoms with Gasteiger partial charge in [-0.25, -0.2) is 0 Å². The lowest BCUT2D eigenvalue weighted by atomic mass is 10.0. The molecule has 0 aliphatic rings. The molecule has 0 aliphatic heterocycles. The summed E-state index contributed by atoms with van der Waals surface area (Å²) in [5.74, 6) is 0.614. The molecule has 0 saturated carbocycles. The summed E-state index contributed by atoms with van der Waals surface area (Å²) >= 11 is 0. The summed E-state index contributed by atoms with van der Waals surface area (Å²) in [7, 11) is 3.35. The van der Waals surface area contributed by atoms with Crippen molar-refractivity contribution >= 4 is 11.6 Å². The maximum atomic E-state index is 12.0. The van der Waals surface area contributed by atoms with Gasteiger partial charge in [-0.2, -0.15) is 0 Å². The highest BCUT2D eigenvalue weighted by Gasteiger charge is 2.22. The van der Waals surface area contributed by atoms with Crippen molar-refractivity contribution in [3.8, 4) is 5.75 Å². The number of anilines is 1. The maximum absolute atomic E-state index is 12.0. The Hall–Kier alpha value is -1.55. The highest BCUT2D eigenvalue weighted by atomic mass is 16.5. The first-order chi connectivity index (χ1) is 8.31. The van der Waals surface area contributed by atoms with Crippen LogP contribution in [0.4, 0.5) is 5.69 Å². The standard InChI is InChI=1S/C14H22N2O2/c1-8-7-9(2)12(13(18-6)10(8)3)16(5)14(17)11(4)15/h7,11H,15H2,1-6H3. The molecule has 2 N–H and O–H groups in total. The summed E-state index contributed by atoms with van der Waals surface area (Å²) in [6.45, 7) is 7.67. The van der Waals surface area contributed by atoms with Crippen LogP contribution < -0.4 is 15.4 Å². The third-order valence-corrected chi connectivity index (χ3v) is 3.21. The van der Waals surface area contributed by atoms with E-state index in [0.29, 0.717) is 0 Å². The Morgan fingerprint density at radius 2 is 1.89 bits per heavy atom. The fourth-order valence-corrected chi connectivity index (χ4v) is 2.12. The Morgan fingerprint density at radius 1 is 1.33 bits per heavy atom. The van der Waals surface area contributed by atoms with Crippen LogP contribution in [0, 0.1) is 20.8 Å². The van der Waals surface area contributed by atoms with Crippen molar-refractivity contribution in [1.29, 1.82) is 0 Å². The zero-order chi connectivity index (χ0) is 14.0. The molecule has 4 heteroatoms. The van der Waals surface area contributed by atoms with E-state index in [2.05, 4.69) is 6.07 Å². The largest absolute Gasteiger partial charge is 0.494 e. The van der Waals surface area contributed by atoms with Crippen molar-refractivity contribution in [2.75, 3.05) is 19.1 Å². The molecule has 4 nitrogen and oxygen atoms in total. The van der Waals surface area contributed by atoms with Crippen molar-refractivity contribution in [3.05, 3.63) is 22.8 Å². The number of likely N-dealkylation sites (N-methyl/N-ethyl adjacent to an activating group) is 1. The zero-order valence-corrected chi connectivity index (χ0v) is 12.0. The number of nitrogens with two attached hydrogens (primary N) is 1. The predicted molar refractivity (Wildman–Crippen MR) is 74.3 cm³/mol. The smallest absolute Gasteiger partial charge is 0.243 e. The highest BCUT2D eigenvalue weighted by Crippen LogP contribution is 2.36. The lowest BCUT2D eigenvalue weighted by Gasteiger charge is -2.25. The van der Waals surface area contributed by atoms with Gasteiger partial charge in [-0.15, -0.1) is 0 Å². The number of hydrogen-bond donors (Lipinski definition) is 1. The molecule has 0 radical (unpaired) electrons. The molecule has 0 aliphatic carbocycles. The lowest BCUT2D eigenvalue weighted by Crippen LogP contribution is -2.40. The van der Waals surface area contributed by atoms with Crippen LogP contribution in [0.25, 0.3) is 0 Å². The van der Waals surface area contributed by atoms with Gasteiger partial charge in [-0.1, -0.05) is 6.07 Å². The Kier molecular flexibility index (Phi) is 4.35. The molecule has 0 fully saturated rings. The molecule has 1 atom stereocenters. The van der Waals surface area contributed by atoms with Gasteiger partial charge < -0.3 is 15.4 Å². The van der Waals surface area contributed by atoms with Crippen molar-refractivity contribution in [2.24, 2.45) is 5.73 Å². The van der Waals surface area contributed by atoms with Gasteiger partial charge in [0.15, 0.2) is 0 Å². The molecule has 1 amide bonds. The number of ether oxygens (including phenoxy) is 1. The maximum Gasteiger partial charge on any atom is 0.243 e. The Balaban J connectivity index is 3.40. The van der Waals surface area contributed by atoms with Crippen LogP contribution in [0.15, 0.2) is 6.07 Å². The van der Waals surface area contributed by atoms with Crippen LogP contribution in [-0.4, -0.2) is 26.1 Å². The lowest BCUT2D eigenvalue weighted by molar-refractivity contribution is -0.119. The summed E-state index contributed by atoms with van der Waals surface area (Å²) in [6, 6.07) is 1.53. The Labute approximate surface area is 109 Å². The number of methoxy groups -OCH3 is 1. The second-order valence-corrected chi connectivity index (χ2v) is 4.70. The van der Waals surface area contributed by atoms with Crippen LogP contribution in [0.3, 0.4) is 0 Å². The van der Waals surface area contributed by atoms with Gasteiger partial charge in [0.2, 0.25) is 5.91 Å². The fourth-order valence-electron chi connectivity index (χ4n) is 2.12. The second kappa shape index (κ2) is 5.40. The van der Waals surface area contributed by atoms with Gasteiger partial charge in [0.05, 0.1) is 18.8 Å². The summed E-state index contributed by atoms with van der Waals surface area (Å²) in [6.07, 6.45) is 0. The van der Waals surface area contributed by atoms with E-state index in [1.165, 1.54) is 0 Å². The minimum Gasteiger partial charge on any atom is -0.494 e. The van der Waals surface area contributed by atoms with E-state index in [9.17, 15) is 4.79 Å². The number of hydrogen-bond acceptors (Lipinski definition) is 3. The van der Waals surface area contributed by atoms with E-state index in [1.807, 2.05) is 20.8 Å². The van der Waals surface area contributed by atoms with Crippen LogP contribution in [0.1, 0.15) is 23.6 Å². The minimum absolute atomic E-state index is 0.125. The number of benzene rings is 1. The number of nitrogens with zero attached hydrogens (tertiary/aromatic N) is 1. The Bertz CT molecular complexity index is 467. The number of amides is 1. The molecular formula is C14H22N2O2. The van der Waals surface area contributed by atoms with Gasteiger partial charge in [-0.3, -0.25) is 4.79 Å². The number of carbonyl (C=O) groups is 1. The summed E-state index contributed by atoms with van der Waals surface area (Å²) < 4.78 is 5.45. The number of rotatable bonds is 3. The molecule has 18 heavy (non-hydrogen) atoms. The molecule has 1 aromatic carbocycles. The molecule has 0 spiro atoms. The van der Waals surface area contributed by atoms with E-state index < -0.39 is 6.04 Å². The molecule has 1 rings (SSSR count). The first-order valence-corrected chi connectivity index (χ1v) is 5.99. The van der Waals surface area contributed by atoms with Crippen molar-refractivity contribution in [2.45, 2.75) is 33.7 Å². The van der Waals surface area contributed by atoms with Gasteiger partial charge in [0.25, 0.3) is 0 Å². The number of aryl methyl sites for hydroxylation is 2. The van der Waals surface area contributed by atoms with Gasteiger partial charge in [0, 0.05) is 7.05 Å². The van der Waals surface area contributed by atoms with Crippen molar-refractivity contribution in [3.63, 3.8) is 0 Å². The van der Waals surface area contributed by atoms with Gasteiger partial charge in [-0.05, 0) is 44.4 Å². The van der Waals surface area contributed by atoms with Crippen LogP contribution in [-0.2, 0) is 4.79 Å². The molecule has 1 aromatic rings. The molecule has 0 bridgehead atoms. The van der Waals surface area contributed by atoms with E-state index in [1.54, 1.807) is 26.0 Å². The normalized spacial score (nSPS) is 12.2. The van der Waals surface area contributed by atoms with Gasteiger partial charge in [0.1, 0.15) is 5.75 Å². The van der Waals surface area contributed by atoms with Crippen LogP contribution in [0.2, 0.25) is 0 Å². The topological polar surface area (TPSA) is 55.6 Å². The van der Waals surface area contributed by atoms with Crippen molar-refractivity contribution in [1.82, 2.24) is 0 Å². The first kappa shape index (κ1) is 14.5. The molecule has 0 aromatic heterocycles. The SMILES string of the molecule is COc1c(C)c(C)cc(C)c1N(C)C(=O)C(C)N. The third-order valence-electron chi connectivity index (χ3n) is 3.21. The quantitative estimate of drug-likeness (QED) is 0.891. The van der Waals surface area contributed by atoms with E-state index in [0.717, 1.165) is 28.1 Å². The van der Waals surface area contributed by atoms with Gasteiger partial charge >= 0.3 is 0 Å². The molecular weight excluding hydrogens is 228 g/mol. The second-order valence-electron chi connectivity index (χ2n) is 4.70. The third kappa shape index (κ3) is 2.48. The average Bonchev–Trinajstić information content (AvgIpc) is 2.31. The summed E-state index contributed by atoms with van der Waals surface area (Å²) in [5, 5.41) is 0. The fraction of sp³-hybridized carbons (Fsp3) is 0.500. The Morgan fingerprint density at radius 3 is 2.33 bits per heavy atom. The molecule has 0 heterocycles. The first-order valence-electron chi connectivity index (χ1n) is 5.99. The summed E-state index contributed by atoms with van der Waals surface area (Å²) in [5.41, 5.74) is 9.64. The highest BCUT2D eigenvalue weighted by molar-refractivity contribution is 5.98. The summed E-state index contributed by atoms with van der Waals surface area (Å²) in [4.78, 5) is 13.6. The monoisotopic (exact) mass is 250 g/mol. The zero-order valence-electron chi connectivity index (χ0n) is 12.0. The molecule has 100 valence electrons. The van der Waals surface area contributed by atoms with Crippen molar-refractivity contribution < 1.29 is 9.53 Å². The molecule has 0 saturated heterocycles. The van der Waals surface area contributed by atoms with E-state index in [-0.39, 0.29) is 5.91 Å².